The van der Waals surface area contributed by atoms with Crippen molar-refractivity contribution in [3.63, 3.8) is 0 Å². The number of aryl methyl sites for hydroxylation is 1. The molecule has 0 bridgehead atoms. The van der Waals surface area contributed by atoms with E-state index in [-0.39, 0.29) is 30.6 Å². The van der Waals surface area contributed by atoms with E-state index in [0.29, 0.717) is 17.0 Å². The molecule has 2 aromatic rings. The summed E-state index contributed by atoms with van der Waals surface area (Å²) in [7, 11) is 0. The van der Waals surface area contributed by atoms with Gasteiger partial charge in [-0.05, 0) is 44.5 Å². The quantitative estimate of drug-likeness (QED) is 0.489. The van der Waals surface area contributed by atoms with Gasteiger partial charge >= 0.3 is 0 Å². The number of amides is 1. The summed E-state index contributed by atoms with van der Waals surface area (Å²) in [4.78, 5) is 25.2. The van der Waals surface area contributed by atoms with Crippen LogP contribution in [0, 0.1) is 12.7 Å². The van der Waals surface area contributed by atoms with Crippen LogP contribution in [-0.2, 0) is 4.79 Å². The highest BCUT2D eigenvalue weighted by Crippen LogP contribution is 2.23. The summed E-state index contributed by atoms with van der Waals surface area (Å²) >= 11 is 0. The van der Waals surface area contributed by atoms with Crippen LogP contribution in [-0.4, -0.2) is 46.9 Å². The first-order valence-corrected chi connectivity index (χ1v) is 10.3. The van der Waals surface area contributed by atoms with Gasteiger partial charge in [-0.1, -0.05) is 0 Å². The maximum atomic E-state index is 14.5. The molecule has 1 aliphatic heterocycles. The Morgan fingerprint density at radius 1 is 1.41 bits per heavy atom. The zero-order valence-electron chi connectivity index (χ0n) is 18.2. The normalized spacial score (nSPS) is 19.0. The zero-order valence-corrected chi connectivity index (χ0v) is 18.2. The number of anilines is 3. The van der Waals surface area contributed by atoms with Gasteiger partial charge < -0.3 is 21.7 Å². The number of carbonyl (C=O) groups excluding carboxylic acids is 1. The van der Waals surface area contributed by atoms with Crippen molar-refractivity contribution < 1.29 is 13.6 Å². The Kier molecular flexibility index (Phi) is 7.47. The van der Waals surface area contributed by atoms with Crippen molar-refractivity contribution in [2.75, 3.05) is 17.2 Å². The predicted molar refractivity (Wildman–Crippen MR) is 122 cm³/mol. The van der Waals surface area contributed by atoms with Gasteiger partial charge in [-0.3, -0.25) is 9.79 Å². The third kappa shape index (κ3) is 5.85. The Morgan fingerprint density at radius 2 is 2.19 bits per heavy atom. The number of allylic oxidation sites excluding steroid dienone is 1. The number of benzene rings is 1. The molecule has 2 heterocycles. The Morgan fingerprint density at radius 3 is 2.81 bits per heavy atom. The molecule has 32 heavy (non-hydrogen) atoms. The molecule has 3 rings (SSSR count). The van der Waals surface area contributed by atoms with Gasteiger partial charge in [0.05, 0.1) is 17.4 Å². The first-order valence-electron chi connectivity index (χ1n) is 10.3. The molecule has 0 saturated carbocycles. The summed E-state index contributed by atoms with van der Waals surface area (Å²) in [5.41, 5.74) is 8.21. The SMILES string of the molecule is Cc1cnc(Nc2ccc(NC(=O)[C@H]3C[C@H](F)CN3)c(F)c2)nc1C(C=NC(C)C)=CN. The Balaban J connectivity index is 1.73. The lowest BCUT2D eigenvalue weighted by atomic mass is 10.1. The van der Waals surface area contributed by atoms with Crippen LogP contribution in [0.15, 0.2) is 35.6 Å². The number of carbonyl (C=O) groups is 1. The highest BCUT2D eigenvalue weighted by molar-refractivity contribution is 6.09. The molecular weight excluding hydrogens is 416 g/mol. The second kappa shape index (κ2) is 10.3. The minimum absolute atomic E-state index is 0.00780. The molecule has 1 aromatic carbocycles. The molecule has 1 saturated heterocycles. The van der Waals surface area contributed by atoms with Gasteiger partial charge in [0.15, 0.2) is 0 Å². The van der Waals surface area contributed by atoms with Crippen LogP contribution in [0.5, 0.6) is 0 Å². The minimum atomic E-state index is -1.08. The van der Waals surface area contributed by atoms with E-state index in [0.717, 1.165) is 5.56 Å². The average molecular weight is 444 g/mol. The van der Waals surface area contributed by atoms with Crippen LogP contribution in [0.1, 0.15) is 31.5 Å². The molecule has 1 amide bonds. The number of nitrogens with zero attached hydrogens (tertiary/aromatic N) is 3. The number of halogens is 2. The molecule has 0 aliphatic carbocycles. The summed E-state index contributed by atoms with van der Waals surface area (Å²) in [6.07, 6.45) is 3.71. The molecule has 0 unspecified atom stereocenters. The summed E-state index contributed by atoms with van der Waals surface area (Å²) in [6, 6.07) is 3.66. The second-order valence-electron chi connectivity index (χ2n) is 7.82. The number of hydrogen-bond donors (Lipinski definition) is 4. The van der Waals surface area contributed by atoms with Crippen LogP contribution in [0.3, 0.4) is 0 Å². The fraction of sp³-hybridized carbons (Fsp3) is 0.364. The van der Waals surface area contributed by atoms with Crippen molar-refractivity contribution in [1.82, 2.24) is 15.3 Å². The third-order valence-electron chi connectivity index (χ3n) is 4.81. The number of nitrogens with one attached hydrogen (secondary N) is 3. The fourth-order valence-electron chi connectivity index (χ4n) is 3.14. The highest BCUT2D eigenvalue weighted by Gasteiger charge is 2.29. The Bertz CT molecular complexity index is 1040. The number of aliphatic imine (C=N–C) groups is 1. The molecule has 2 atom stereocenters. The van der Waals surface area contributed by atoms with Crippen LogP contribution in [0.25, 0.3) is 5.57 Å². The first kappa shape index (κ1) is 23.3. The van der Waals surface area contributed by atoms with Gasteiger partial charge in [0.1, 0.15) is 12.0 Å². The van der Waals surface area contributed by atoms with E-state index in [4.69, 9.17) is 5.73 Å². The maximum Gasteiger partial charge on any atom is 0.241 e. The third-order valence-corrected chi connectivity index (χ3v) is 4.81. The molecule has 0 radical (unpaired) electrons. The minimum Gasteiger partial charge on any atom is -0.404 e. The van der Waals surface area contributed by atoms with Crippen molar-refractivity contribution in [1.29, 1.82) is 0 Å². The number of nitrogens with two attached hydrogens (primary N) is 1. The summed E-state index contributed by atoms with van der Waals surface area (Å²) in [5, 5.41) is 8.20. The van der Waals surface area contributed by atoms with Gasteiger partial charge in [0.2, 0.25) is 11.9 Å². The van der Waals surface area contributed by atoms with Gasteiger partial charge in [-0.15, -0.1) is 0 Å². The number of aromatic nitrogens is 2. The van der Waals surface area contributed by atoms with Crippen molar-refractivity contribution in [2.24, 2.45) is 10.7 Å². The topological polar surface area (TPSA) is 117 Å². The van der Waals surface area contributed by atoms with Gasteiger partial charge in [-0.25, -0.2) is 18.7 Å². The van der Waals surface area contributed by atoms with E-state index in [1.165, 1.54) is 18.3 Å². The lowest BCUT2D eigenvalue weighted by molar-refractivity contribution is -0.117. The van der Waals surface area contributed by atoms with E-state index >= 15 is 0 Å². The van der Waals surface area contributed by atoms with Gasteiger partial charge in [0.25, 0.3) is 0 Å². The highest BCUT2D eigenvalue weighted by atomic mass is 19.1. The second-order valence-corrected chi connectivity index (χ2v) is 7.82. The zero-order chi connectivity index (χ0) is 23.3. The van der Waals surface area contributed by atoms with E-state index in [9.17, 15) is 13.6 Å². The molecule has 1 aliphatic rings. The first-order chi connectivity index (χ1) is 15.3. The Labute approximate surface area is 185 Å². The van der Waals surface area contributed by atoms with Gasteiger partial charge in [0, 0.05) is 48.9 Å². The molecule has 0 spiro atoms. The van der Waals surface area contributed by atoms with Crippen LogP contribution in [0.4, 0.5) is 26.1 Å². The Hall–Kier alpha value is -3.40. The number of hydrogen-bond acceptors (Lipinski definition) is 7. The predicted octanol–water partition coefficient (Wildman–Crippen LogP) is 3.09. The number of rotatable bonds is 7. The van der Waals surface area contributed by atoms with Crippen molar-refractivity contribution in [3.8, 4) is 0 Å². The molecular formula is C22H27F2N7O. The molecule has 170 valence electrons. The largest absolute Gasteiger partial charge is 0.404 e. The van der Waals surface area contributed by atoms with Crippen LogP contribution >= 0.6 is 0 Å². The molecule has 1 aromatic heterocycles. The maximum absolute atomic E-state index is 14.5. The fourth-order valence-corrected chi connectivity index (χ4v) is 3.14. The standard InChI is InChI=1S/C22H27F2N7O/c1-12(2)26-10-14(8-25)20-13(3)9-28-22(31-20)29-16-4-5-18(17(24)7-16)30-21(32)19-6-15(23)11-27-19/h4-5,7-10,12,15,19,27H,6,11,25H2,1-3H3,(H,30,32)(H,28,29,31)/t15-,19+/m0/s1. The molecule has 5 N–H and O–H groups in total. The van der Waals surface area contributed by atoms with E-state index < -0.39 is 23.9 Å². The lowest BCUT2D eigenvalue weighted by Crippen LogP contribution is -2.35. The lowest BCUT2D eigenvalue weighted by Gasteiger charge is -2.13. The molecule has 10 heteroatoms. The van der Waals surface area contributed by atoms with Crippen molar-refractivity contribution in [3.05, 3.63) is 47.7 Å². The van der Waals surface area contributed by atoms with Gasteiger partial charge in [-0.2, -0.15) is 0 Å². The summed E-state index contributed by atoms with van der Waals surface area (Å²) in [6.45, 7) is 5.87. The van der Waals surface area contributed by atoms with Crippen LogP contribution in [0.2, 0.25) is 0 Å². The monoisotopic (exact) mass is 443 g/mol. The van der Waals surface area contributed by atoms with E-state index in [2.05, 4.69) is 30.9 Å². The van der Waals surface area contributed by atoms with Crippen LogP contribution < -0.4 is 21.7 Å². The summed E-state index contributed by atoms with van der Waals surface area (Å²) < 4.78 is 27.8. The number of alkyl halides is 1. The van der Waals surface area contributed by atoms with Crippen molar-refractivity contribution >= 4 is 35.0 Å². The van der Waals surface area contributed by atoms with E-state index in [1.807, 2.05) is 20.8 Å². The van der Waals surface area contributed by atoms with E-state index in [1.54, 1.807) is 18.5 Å². The summed E-state index contributed by atoms with van der Waals surface area (Å²) in [5.74, 6) is -0.860. The molecule has 1 fully saturated rings. The smallest absolute Gasteiger partial charge is 0.241 e. The van der Waals surface area contributed by atoms with Crippen molar-refractivity contribution in [2.45, 2.75) is 45.4 Å². The molecule has 8 nitrogen and oxygen atoms in total. The average Bonchev–Trinajstić information content (AvgIpc) is 3.19.